The first kappa shape index (κ1) is 12.4. The molecule has 2 saturated carbocycles. The number of hydrogen-bond donors (Lipinski definition) is 2. The number of carbonyl (C=O) groups excluding carboxylic acids is 1. The number of nitrogens with one attached hydrogen (secondary N) is 1. The molecule has 0 heterocycles. The molecule has 4 heteroatoms. The SMILES string of the molecule is CC(CCCNC(=O)C1C2CCCC21)C(=O)O. The fourth-order valence-corrected chi connectivity index (χ4v) is 3.07. The molecule has 0 aromatic rings. The van der Waals surface area contributed by atoms with Crippen molar-refractivity contribution in [2.24, 2.45) is 23.7 Å². The standard InChI is InChI=1S/C13H21NO3/c1-8(13(16)17)4-3-7-14-12(15)11-9-5-2-6-10(9)11/h8-11H,2-7H2,1H3,(H,14,15)(H,16,17). The van der Waals surface area contributed by atoms with Gasteiger partial charge in [0.1, 0.15) is 0 Å². The first-order chi connectivity index (χ1) is 8.11. The summed E-state index contributed by atoms with van der Waals surface area (Å²) in [6.45, 7) is 2.32. The summed E-state index contributed by atoms with van der Waals surface area (Å²) in [6.07, 6.45) is 5.11. The maximum Gasteiger partial charge on any atom is 0.306 e. The lowest BCUT2D eigenvalue weighted by molar-refractivity contribution is -0.141. The van der Waals surface area contributed by atoms with Crippen molar-refractivity contribution in [1.29, 1.82) is 0 Å². The summed E-state index contributed by atoms with van der Waals surface area (Å²) < 4.78 is 0. The predicted molar refractivity (Wildman–Crippen MR) is 63.4 cm³/mol. The molecule has 4 nitrogen and oxygen atoms in total. The molecule has 0 spiro atoms. The normalized spacial score (nSPS) is 31.7. The molecule has 0 saturated heterocycles. The molecule has 3 atom stereocenters. The van der Waals surface area contributed by atoms with Crippen LogP contribution in [0.3, 0.4) is 0 Å². The van der Waals surface area contributed by atoms with Crippen LogP contribution in [0.5, 0.6) is 0 Å². The van der Waals surface area contributed by atoms with Gasteiger partial charge in [0.15, 0.2) is 0 Å². The topological polar surface area (TPSA) is 66.4 Å². The molecular formula is C13H21NO3. The molecule has 0 aliphatic heterocycles. The number of carboxylic acid groups (broad SMARTS) is 1. The average Bonchev–Trinajstić information content (AvgIpc) is 2.78. The van der Waals surface area contributed by atoms with Crippen LogP contribution in [0.1, 0.15) is 39.0 Å². The third-order valence-electron chi connectivity index (χ3n) is 4.24. The number of amides is 1. The Morgan fingerprint density at radius 2 is 2.00 bits per heavy atom. The van der Waals surface area contributed by atoms with Gasteiger partial charge in [0.05, 0.1) is 5.92 Å². The fraction of sp³-hybridized carbons (Fsp3) is 0.846. The smallest absolute Gasteiger partial charge is 0.306 e. The van der Waals surface area contributed by atoms with E-state index in [2.05, 4.69) is 5.32 Å². The molecule has 0 aromatic carbocycles. The second-order valence-corrected chi connectivity index (χ2v) is 5.46. The zero-order valence-electron chi connectivity index (χ0n) is 10.3. The average molecular weight is 239 g/mol. The first-order valence-electron chi connectivity index (χ1n) is 6.61. The van der Waals surface area contributed by atoms with Gasteiger partial charge in [-0.2, -0.15) is 0 Å². The van der Waals surface area contributed by atoms with Crippen molar-refractivity contribution in [3.05, 3.63) is 0 Å². The third kappa shape index (κ3) is 2.79. The maximum absolute atomic E-state index is 11.8. The number of carbonyl (C=O) groups is 2. The second-order valence-electron chi connectivity index (χ2n) is 5.46. The van der Waals surface area contributed by atoms with Gasteiger partial charge in [-0.05, 0) is 37.5 Å². The van der Waals surface area contributed by atoms with E-state index in [9.17, 15) is 9.59 Å². The van der Waals surface area contributed by atoms with Gasteiger partial charge < -0.3 is 10.4 Å². The van der Waals surface area contributed by atoms with Crippen LogP contribution in [0.25, 0.3) is 0 Å². The summed E-state index contributed by atoms with van der Waals surface area (Å²) in [7, 11) is 0. The van der Waals surface area contributed by atoms with Gasteiger partial charge in [-0.3, -0.25) is 9.59 Å². The van der Waals surface area contributed by atoms with Crippen molar-refractivity contribution in [3.8, 4) is 0 Å². The molecule has 2 fully saturated rings. The first-order valence-corrected chi connectivity index (χ1v) is 6.61. The highest BCUT2D eigenvalue weighted by Crippen LogP contribution is 2.57. The zero-order chi connectivity index (χ0) is 12.4. The number of aliphatic carboxylic acids is 1. The van der Waals surface area contributed by atoms with Crippen molar-refractivity contribution >= 4 is 11.9 Å². The predicted octanol–water partition coefficient (Wildman–Crippen LogP) is 1.65. The zero-order valence-corrected chi connectivity index (χ0v) is 10.3. The lowest BCUT2D eigenvalue weighted by Crippen LogP contribution is -2.28. The van der Waals surface area contributed by atoms with Gasteiger partial charge in [-0.1, -0.05) is 13.3 Å². The monoisotopic (exact) mass is 239 g/mol. The van der Waals surface area contributed by atoms with Crippen LogP contribution < -0.4 is 5.32 Å². The molecule has 2 aliphatic carbocycles. The molecule has 96 valence electrons. The molecule has 0 bridgehead atoms. The summed E-state index contributed by atoms with van der Waals surface area (Å²) >= 11 is 0. The molecule has 0 aromatic heterocycles. The molecule has 3 unspecified atom stereocenters. The minimum absolute atomic E-state index is 0.197. The minimum atomic E-state index is -0.756. The maximum atomic E-state index is 11.8. The summed E-state index contributed by atoms with van der Waals surface area (Å²) in [4.78, 5) is 22.4. The van der Waals surface area contributed by atoms with Gasteiger partial charge in [-0.25, -0.2) is 0 Å². The second kappa shape index (κ2) is 5.07. The van der Waals surface area contributed by atoms with Gasteiger partial charge in [0.2, 0.25) is 5.91 Å². The van der Waals surface area contributed by atoms with Gasteiger partial charge in [0.25, 0.3) is 0 Å². The number of hydrogen-bond acceptors (Lipinski definition) is 2. The highest BCUT2D eigenvalue weighted by molar-refractivity contribution is 5.82. The van der Waals surface area contributed by atoms with E-state index in [1.807, 2.05) is 0 Å². The van der Waals surface area contributed by atoms with Crippen LogP contribution >= 0.6 is 0 Å². The van der Waals surface area contributed by atoms with E-state index in [1.54, 1.807) is 6.92 Å². The van der Waals surface area contributed by atoms with Crippen molar-refractivity contribution in [2.45, 2.75) is 39.0 Å². The Labute approximate surface area is 102 Å². The Bertz CT molecular complexity index is 306. The fourth-order valence-electron chi connectivity index (χ4n) is 3.07. The largest absolute Gasteiger partial charge is 0.481 e. The van der Waals surface area contributed by atoms with Gasteiger partial charge in [0, 0.05) is 12.5 Å². The molecule has 2 N–H and O–H groups in total. The number of carboxylic acids is 1. The van der Waals surface area contributed by atoms with E-state index in [4.69, 9.17) is 5.11 Å². The summed E-state index contributed by atoms with van der Waals surface area (Å²) in [5, 5.41) is 11.6. The number of rotatable bonds is 6. The molecule has 0 radical (unpaired) electrons. The van der Waals surface area contributed by atoms with E-state index < -0.39 is 5.97 Å². The molecule has 2 rings (SSSR count). The Balaban J connectivity index is 1.57. The third-order valence-corrected chi connectivity index (χ3v) is 4.24. The van der Waals surface area contributed by atoms with E-state index in [0.29, 0.717) is 24.8 Å². The summed E-state index contributed by atoms with van der Waals surface area (Å²) in [5.41, 5.74) is 0. The van der Waals surface area contributed by atoms with E-state index in [-0.39, 0.29) is 17.7 Å². The number of fused-ring (bicyclic) bond motifs is 1. The van der Waals surface area contributed by atoms with Crippen molar-refractivity contribution in [1.82, 2.24) is 5.32 Å². The lowest BCUT2D eigenvalue weighted by Gasteiger charge is -2.08. The molecule has 2 aliphatic rings. The van der Waals surface area contributed by atoms with Crippen molar-refractivity contribution < 1.29 is 14.7 Å². The molecule has 1 amide bonds. The van der Waals surface area contributed by atoms with Crippen LogP contribution in [0.15, 0.2) is 0 Å². The minimum Gasteiger partial charge on any atom is -0.481 e. The lowest BCUT2D eigenvalue weighted by atomic mass is 10.1. The Kier molecular flexibility index (Phi) is 3.69. The van der Waals surface area contributed by atoms with Crippen molar-refractivity contribution in [3.63, 3.8) is 0 Å². The van der Waals surface area contributed by atoms with E-state index in [1.165, 1.54) is 19.3 Å². The Morgan fingerprint density at radius 1 is 1.35 bits per heavy atom. The molecule has 17 heavy (non-hydrogen) atoms. The van der Waals surface area contributed by atoms with Crippen LogP contribution in [-0.4, -0.2) is 23.5 Å². The van der Waals surface area contributed by atoms with E-state index in [0.717, 1.165) is 6.42 Å². The van der Waals surface area contributed by atoms with E-state index >= 15 is 0 Å². The van der Waals surface area contributed by atoms with Crippen LogP contribution in [-0.2, 0) is 9.59 Å². The van der Waals surface area contributed by atoms with Gasteiger partial charge in [-0.15, -0.1) is 0 Å². The van der Waals surface area contributed by atoms with Gasteiger partial charge >= 0.3 is 5.97 Å². The van der Waals surface area contributed by atoms with Crippen molar-refractivity contribution in [2.75, 3.05) is 6.54 Å². The summed E-state index contributed by atoms with van der Waals surface area (Å²) in [5.74, 6) is 0.726. The highest BCUT2D eigenvalue weighted by Gasteiger charge is 2.56. The Hall–Kier alpha value is -1.06. The highest BCUT2D eigenvalue weighted by atomic mass is 16.4. The molecular weight excluding hydrogens is 218 g/mol. The van der Waals surface area contributed by atoms with Crippen LogP contribution in [0, 0.1) is 23.7 Å². The van der Waals surface area contributed by atoms with Crippen LogP contribution in [0.2, 0.25) is 0 Å². The quantitative estimate of drug-likeness (QED) is 0.693. The Morgan fingerprint density at radius 3 is 2.59 bits per heavy atom. The summed E-state index contributed by atoms with van der Waals surface area (Å²) in [6, 6.07) is 0. The van der Waals surface area contributed by atoms with Crippen LogP contribution in [0.4, 0.5) is 0 Å².